The lowest BCUT2D eigenvalue weighted by molar-refractivity contribution is -0.113. The van der Waals surface area contributed by atoms with E-state index >= 15 is 0 Å². The number of methoxy groups -OCH3 is 1. The molecule has 0 saturated heterocycles. The predicted octanol–water partition coefficient (Wildman–Crippen LogP) is 5.43. The third-order valence-electron chi connectivity index (χ3n) is 4.50. The molecule has 1 aliphatic heterocycles. The van der Waals surface area contributed by atoms with Gasteiger partial charge >= 0.3 is 0 Å². The molecule has 1 amide bonds. The van der Waals surface area contributed by atoms with Crippen LogP contribution in [-0.4, -0.2) is 18.9 Å². The van der Waals surface area contributed by atoms with Gasteiger partial charge in [-0.15, -0.1) is 0 Å². The van der Waals surface area contributed by atoms with E-state index in [0.717, 1.165) is 10.0 Å². The van der Waals surface area contributed by atoms with Crippen molar-refractivity contribution in [3.05, 3.63) is 99.9 Å². The Morgan fingerprint density at radius 1 is 1.00 bits per heavy atom. The molecule has 0 radical (unpaired) electrons. The van der Waals surface area contributed by atoms with Crippen LogP contribution in [-0.2, 0) is 4.79 Å². The van der Waals surface area contributed by atoms with Gasteiger partial charge in [0.15, 0.2) is 0 Å². The molecule has 0 unspecified atom stereocenters. The Morgan fingerprint density at radius 3 is 2.38 bits per heavy atom. The third-order valence-corrected chi connectivity index (χ3v) is 5.19. The third kappa shape index (κ3) is 3.71. The average molecular weight is 451 g/mol. The second kappa shape index (κ2) is 8.01. The number of carbonyl (C=O) groups is 1. The SMILES string of the molecule is COc1ccc(N2C(=O)/C(=C\c3ccccc3F)N=C2c2ccccc2Br)cc1. The van der Waals surface area contributed by atoms with Crippen LogP contribution in [0.2, 0.25) is 0 Å². The normalized spacial score (nSPS) is 15.0. The monoisotopic (exact) mass is 450 g/mol. The standard InChI is InChI=1S/C23H16BrFN2O2/c1-29-17-12-10-16(11-13-17)27-22(18-7-3-4-8-19(18)24)26-21(23(27)28)14-15-6-2-5-9-20(15)25/h2-14H,1H3/b21-14+. The van der Waals surface area contributed by atoms with Crippen molar-refractivity contribution in [3.8, 4) is 5.75 Å². The molecule has 3 aromatic rings. The molecule has 4 nitrogen and oxygen atoms in total. The first-order valence-corrected chi connectivity index (χ1v) is 9.66. The first kappa shape index (κ1) is 19.1. The van der Waals surface area contributed by atoms with E-state index in [1.165, 1.54) is 17.0 Å². The van der Waals surface area contributed by atoms with Gasteiger partial charge in [0.1, 0.15) is 23.1 Å². The van der Waals surface area contributed by atoms with Gasteiger partial charge in [-0.2, -0.15) is 0 Å². The molecule has 0 fully saturated rings. The van der Waals surface area contributed by atoms with E-state index in [-0.39, 0.29) is 11.6 Å². The number of anilines is 1. The number of benzene rings is 3. The Kier molecular flexibility index (Phi) is 5.27. The number of nitrogens with zero attached hydrogens (tertiary/aromatic N) is 2. The summed E-state index contributed by atoms with van der Waals surface area (Å²) < 4.78 is 20.1. The number of amidine groups is 1. The van der Waals surface area contributed by atoms with E-state index < -0.39 is 5.82 Å². The Balaban J connectivity index is 1.85. The van der Waals surface area contributed by atoms with Crippen molar-refractivity contribution in [3.63, 3.8) is 0 Å². The highest BCUT2D eigenvalue weighted by atomic mass is 79.9. The largest absolute Gasteiger partial charge is 0.497 e. The maximum atomic E-state index is 14.1. The van der Waals surface area contributed by atoms with E-state index in [1.807, 2.05) is 24.3 Å². The Hall–Kier alpha value is -3.25. The summed E-state index contributed by atoms with van der Waals surface area (Å²) in [6.07, 6.45) is 1.47. The van der Waals surface area contributed by atoms with Gasteiger partial charge in [-0.3, -0.25) is 9.69 Å². The lowest BCUT2D eigenvalue weighted by Gasteiger charge is -2.19. The van der Waals surface area contributed by atoms with E-state index in [2.05, 4.69) is 20.9 Å². The molecular weight excluding hydrogens is 435 g/mol. The molecule has 0 N–H and O–H groups in total. The molecule has 0 aliphatic carbocycles. The summed E-state index contributed by atoms with van der Waals surface area (Å²) in [4.78, 5) is 19.3. The lowest BCUT2D eigenvalue weighted by atomic mass is 10.1. The molecule has 144 valence electrons. The zero-order chi connectivity index (χ0) is 20.4. The zero-order valence-electron chi connectivity index (χ0n) is 15.5. The van der Waals surface area contributed by atoms with E-state index in [4.69, 9.17) is 4.74 Å². The summed E-state index contributed by atoms with van der Waals surface area (Å²) in [5.74, 6) is 0.412. The summed E-state index contributed by atoms with van der Waals surface area (Å²) in [7, 11) is 1.58. The lowest BCUT2D eigenvalue weighted by Crippen LogP contribution is -2.32. The molecule has 29 heavy (non-hydrogen) atoms. The number of rotatable bonds is 4. The maximum Gasteiger partial charge on any atom is 0.282 e. The van der Waals surface area contributed by atoms with Gasteiger partial charge in [0.05, 0.1) is 12.8 Å². The van der Waals surface area contributed by atoms with Crippen molar-refractivity contribution in [1.82, 2.24) is 0 Å². The van der Waals surface area contributed by atoms with Crippen molar-refractivity contribution in [2.45, 2.75) is 0 Å². The quantitative estimate of drug-likeness (QED) is 0.497. The minimum absolute atomic E-state index is 0.164. The smallest absolute Gasteiger partial charge is 0.282 e. The van der Waals surface area contributed by atoms with Crippen LogP contribution >= 0.6 is 15.9 Å². The number of hydrogen-bond acceptors (Lipinski definition) is 3. The summed E-state index contributed by atoms with van der Waals surface area (Å²) >= 11 is 3.53. The van der Waals surface area contributed by atoms with Gasteiger partial charge in [0, 0.05) is 15.6 Å². The minimum atomic E-state index is -0.409. The van der Waals surface area contributed by atoms with Gasteiger partial charge in [-0.1, -0.05) is 52.3 Å². The van der Waals surface area contributed by atoms with Crippen molar-refractivity contribution >= 4 is 39.4 Å². The molecule has 0 spiro atoms. The highest BCUT2D eigenvalue weighted by Crippen LogP contribution is 2.31. The second-order valence-corrected chi connectivity index (χ2v) is 7.16. The molecule has 1 heterocycles. The van der Waals surface area contributed by atoms with E-state index in [1.54, 1.807) is 49.6 Å². The number of amides is 1. The van der Waals surface area contributed by atoms with Crippen molar-refractivity contribution in [2.75, 3.05) is 12.0 Å². The highest BCUT2D eigenvalue weighted by Gasteiger charge is 2.33. The van der Waals surface area contributed by atoms with Gasteiger partial charge in [-0.05, 0) is 42.5 Å². The number of hydrogen-bond donors (Lipinski definition) is 0. The fourth-order valence-electron chi connectivity index (χ4n) is 3.05. The van der Waals surface area contributed by atoms with Gasteiger partial charge in [0.25, 0.3) is 5.91 Å². The van der Waals surface area contributed by atoms with Crippen LogP contribution in [0.1, 0.15) is 11.1 Å². The first-order valence-electron chi connectivity index (χ1n) is 8.87. The second-order valence-electron chi connectivity index (χ2n) is 6.30. The molecule has 4 rings (SSSR count). The summed E-state index contributed by atoms with van der Waals surface area (Å²) in [6, 6.07) is 20.9. The van der Waals surface area contributed by atoms with Gasteiger partial charge in [0.2, 0.25) is 0 Å². The number of aliphatic imine (C=N–C) groups is 1. The molecule has 0 saturated carbocycles. The van der Waals surface area contributed by atoms with Crippen LogP contribution in [0.15, 0.2) is 88.0 Å². The van der Waals surface area contributed by atoms with Crippen LogP contribution in [0.25, 0.3) is 6.08 Å². The molecule has 1 aliphatic rings. The van der Waals surface area contributed by atoms with Crippen molar-refractivity contribution in [1.29, 1.82) is 0 Å². The number of carbonyl (C=O) groups excluding carboxylic acids is 1. The molecule has 0 atom stereocenters. The van der Waals surface area contributed by atoms with Crippen molar-refractivity contribution in [2.24, 2.45) is 4.99 Å². The Bertz CT molecular complexity index is 1140. The van der Waals surface area contributed by atoms with Gasteiger partial charge < -0.3 is 4.74 Å². The summed E-state index contributed by atoms with van der Waals surface area (Å²) in [6.45, 7) is 0. The molecule has 3 aromatic carbocycles. The topological polar surface area (TPSA) is 41.9 Å². The fraction of sp³-hybridized carbons (Fsp3) is 0.0435. The summed E-state index contributed by atoms with van der Waals surface area (Å²) in [5, 5.41) is 0. The number of halogens is 2. The molecule has 0 aromatic heterocycles. The molecule has 0 bridgehead atoms. The predicted molar refractivity (Wildman–Crippen MR) is 116 cm³/mol. The minimum Gasteiger partial charge on any atom is -0.497 e. The van der Waals surface area contributed by atoms with E-state index in [0.29, 0.717) is 22.8 Å². The van der Waals surface area contributed by atoms with Crippen molar-refractivity contribution < 1.29 is 13.9 Å². The van der Waals surface area contributed by atoms with Crippen LogP contribution in [0.3, 0.4) is 0 Å². The maximum absolute atomic E-state index is 14.1. The Labute approximate surface area is 176 Å². The highest BCUT2D eigenvalue weighted by molar-refractivity contribution is 9.10. The van der Waals surface area contributed by atoms with E-state index in [9.17, 15) is 9.18 Å². The van der Waals surface area contributed by atoms with Crippen LogP contribution < -0.4 is 9.64 Å². The Morgan fingerprint density at radius 2 is 1.69 bits per heavy atom. The first-order chi connectivity index (χ1) is 14.1. The van der Waals surface area contributed by atoms with Gasteiger partial charge in [-0.25, -0.2) is 9.38 Å². The average Bonchev–Trinajstić information content (AvgIpc) is 3.06. The molecule has 6 heteroatoms. The summed E-state index contributed by atoms with van der Waals surface area (Å²) in [5.41, 5.74) is 1.87. The number of ether oxygens (including phenoxy) is 1. The fourth-order valence-corrected chi connectivity index (χ4v) is 3.51. The van der Waals surface area contributed by atoms with Crippen LogP contribution in [0, 0.1) is 5.82 Å². The van der Waals surface area contributed by atoms with Crippen LogP contribution in [0.5, 0.6) is 5.75 Å². The zero-order valence-corrected chi connectivity index (χ0v) is 17.1. The molecular formula is C23H16BrFN2O2. The van der Waals surface area contributed by atoms with Crippen LogP contribution in [0.4, 0.5) is 10.1 Å².